The normalized spacial score (nSPS) is 10.5. The second kappa shape index (κ2) is 9.13. The standard InChI is InChI=1S/C23H25NO4/c1-17-9-14-20(28-17)18-10-12-19(13-11-18)23(25)24(2)15-6-16-27-22-8-5-4-7-21(22)26-3/h4-5,7-14H,6,15-16H2,1-3H3. The molecule has 0 atom stereocenters. The molecule has 2 aromatic carbocycles. The molecule has 3 rings (SSSR count). The van der Waals surface area contributed by atoms with Crippen LogP contribution < -0.4 is 9.47 Å². The van der Waals surface area contributed by atoms with Gasteiger partial charge < -0.3 is 18.8 Å². The second-order valence-corrected chi connectivity index (χ2v) is 6.57. The maximum Gasteiger partial charge on any atom is 0.253 e. The van der Waals surface area contributed by atoms with Crippen LogP contribution in [0.4, 0.5) is 0 Å². The molecule has 0 saturated heterocycles. The summed E-state index contributed by atoms with van der Waals surface area (Å²) in [5.41, 5.74) is 1.61. The minimum Gasteiger partial charge on any atom is -0.493 e. The van der Waals surface area contributed by atoms with Gasteiger partial charge in [-0.3, -0.25) is 4.79 Å². The van der Waals surface area contributed by atoms with Crippen molar-refractivity contribution < 1.29 is 18.7 Å². The Morgan fingerprint density at radius 3 is 2.36 bits per heavy atom. The average Bonchev–Trinajstić information content (AvgIpc) is 3.17. The summed E-state index contributed by atoms with van der Waals surface area (Å²) in [5, 5.41) is 0. The fraction of sp³-hybridized carbons (Fsp3) is 0.261. The molecule has 0 aliphatic heterocycles. The van der Waals surface area contributed by atoms with Crippen molar-refractivity contribution in [2.45, 2.75) is 13.3 Å². The van der Waals surface area contributed by atoms with E-state index in [4.69, 9.17) is 13.9 Å². The highest BCUT2D eigenvalue weighted by Crippen LogP contribution is 2.26. The zero-order chi connectivity index (χ0) is 19.9. The monoisotopic (exact) mass is 379 g/mol. The number of hydrogen-bond donors (Lipinski definition) is 0. The van der Waals surface area contributed by atoms with Crippen LogP contribution in [0.25, 0.3) is 11.3 Å². The number of hydrogen-bond acceptors (Lipinski definition) is 4. The molecule has 28 heavy (non-hydrogen) atoms. The Labute approximate surface area is 165 Å². The molecular weight excluding hydrogens is 354 g/mol. The van der Waals surface area contributed by atoms with Gasteiger partial charge in [0.25, 0.3) is 5.91 Å². The summed E-state index contributed by atoms with van der Waals surface area (Å²) in [5.74, 6) is 3.07. The summed E-state index contributed by atoms with van der Waals surface area (Å²) in [6, 6.07) is 18.9. The van der Waals surface area contributed by atoms with E-state index in [0.29, 0.717) is 30.2 Å². The quantitative estimate of drug-likeness (QED) is 0.527. The Kier molecular flexibility index (Phi) is 6.37. The lowest BCUT2D eigenvalue weighted by Crippen LogP contribution is -2.28. The van der Waals surface area contributed by atoms with Crippen molar-refractivity contribution in [2.24, 2.45) is 0 Å². The minimum atomic E-state index is -0.0144. The molecule has 5 heteroatoms. The van der Waals surface area contributed by atoms with Gasteiger partial charge in [0.05, 0.1) is 13.7 Å². The van der Waals surface area contributed by atoms with Gasteiger partial charge in [-0.15, -0.1) is 0 Å². The highest BCUT2D eigenvalue weighted by molar-refractivity contribution is 5.94. The molecular formula is C23H25NO4. The smallest absolute Gasteiger partial charge is 0.253 e. The van der Waals surface area contributed by atoms with E-state index >= 15 is 0 Å². The molecule has 0 aliphatic rings. The topological polar surface area (TPSA) is 51.9 Å². The molecule has 1 heterocycles. The Bertz CT molecular complexity index is 914. The van der Waals surface area contributed by atoms with Crippen molar-refractivity contribution in [3.63, 3.8) is 0 Å². The molecule has 3 aromatic rings. The third-order valence-electron chi connectivity index (χ3n) is 4.47. The van der Waals surface area contributed by atoms with Gasteiger partial charge in [-0.05, 0) is 49.7 Å². The third-order valence-corrected chi connectivity index (χ3v) is 4.47. The molecule has 146 valence electrons. The van der Waals surface area contributed by atoms with Gasteiger partial charge in [0.1, 0.15) is 11.5 Å². The first-order chi connectivity index (χ1) is 13.6. The summed E-state index contributed by atoms with van der Waals surface area (Å²) in [7, 11) is 3.42. The van der Waals surface area contributed by atoms with Gasteiger partial charge >= 0.3 is 0 Å². The SMILES string of the molecule is COc1ccccc1OCCCN(C)C(=O)c1ccc(-c2ccc(C)o2)cc1. The second-order valence-electron chi connectivity index (χ2n) is 6.57. The van der Waals surface area contributed by atoms with Crippen molar-refractivity contribution in [3.8, 4) is 22.8 Å². The average molecular weight is 379 g/mol. The van der Waals surface area contributed by atoms with Crippen LogP contribution in [0.15, 0.2) is 65.1 Å². The number of nitrogens with zero attached hydrogens (tertiary/aromatic N) is 1. The molecule has 0 radical (unpaired) electrons. The van der Waals surface area contributed by atoms with Gasteiger partial charge in [0, 0.05) is 24.7 Å². The van der Waals surface area contributed by atoms with Crippen LogP contribution in [0, 0.1) is 6.92 Å². The van der Waals surface area contributed by atoms with E-state index in [1.54, 1.807) is 19.1 Å². The van der Waals surface area contributed by atoms with Crippen molar-refractivity contribution in [2.75, 3.05) is 27.3 Å². The van der Waals surface area contributed by atoms with Crippen molar-refractivity contribution >= 4 is 5.91 Å². The fourth-order valence-corrected chi connectivity index (χ4v) is 2.91. The van der Waals surface area contributed by atoms with Gasteiger partial charge in [0.15, 0.2) is 11.5 Å². The largest absolute Gasteiger partial charge is 0.493 e. The van der Waals surface area contributed by atoms with Crippen LogP contribution in [0.5, 0.6) is 11.5 Å². The number of furan rings is 1. The highest BCUT2D eigenvalue weighted by atomic mass is 16.5. The van der Waals surface area contributed by atoms with Crippen LogP contribution in [0.1, 0.15) is 22.5 Å². The van der Waals surface area contributed by atoms with E-state index in [1.165, 1.54) is 0 Å². The number of rotatable bonds is 8. The molecule has 1 amide bonds. The number of ether oxygens (including phenoxy) is 2. The van der Waals surface area contributed by atoms with Crippen molar-refractivity contribution in [1.82, 2.24) is 4.90 Å². The van der Waals surface area contributed by atoms with Crippen LogP contribution in [0.2, 0.25) is 0 Å². The zero-order valence-corrected chi connectivity index (χ0v) is 16.5. The molecule has 0 unspecified atom stereocenters. The molecule has 0 bridgehead atoms. The molecule has 0 N–H and O–H groups in total. The van der Waals surface area contributed by atoms with E-state index < -0.39 is 0 Å². The van der Waals surface area contributed by atoms with Crippen LogP contribution in [0.3, 0.4) is 0 Å². The summed E-state index contributed by atoms with van der Waals surface area (Å²) in [6.45, 7) is 3.02. The fourth-order valence-electron chi connectivity index (χ4n) is 2.91. The Morgan fingerprint density at radius 2 is 1.71 bits per heavy atom. The number of methoxy groups -OCH3 is 1. The highest BCUT2D eigenvalue weighted by Gasteiger charge is 2.12. The molecule has 0 spiro atoms. The predicted molar refractivity (Wildman–Crippen MR) is 109 cm³/mol. The van der Waals surface area contributed by atoms with Crippen molar-refractivity contribution in [1.29, 1.82) is 0 Å². The summed E-state index contributed by atoms with van der Waals surface area (Å²) < 4.78 is 16.6. The molecule has 0 saturated carbocycles. The van der Waals surface area contributed by atoms with Crippen LogP contribution in [-0.4, -0.2) is 38.1 Å². The minimum absolute atomic E-state index is 0.0144. The van der Waals surface area contributed by atoms with Gasteiger partial charge in [-0.1, -0.05) is 24.3 Å². The first-order valence-electron chi connectivity index (χ1n) is 9.26. The van der Waals surface area contributed by atoms with E-state index in [0.717, 1.165) is 23.5 Å². The molecule has 5 nitrogen and oxygen atoms in total. The number of para-hydroxylation sites is 2. The van der Waals surface area contributed by atoms with E-state index in [9.17, 15) is 4.79 Å². The molecule has 0 aliphatic carbocycles. The summed E-state index contributed by atoms with van der Waals surface area (Å²) >= 11 is 0. The lowest BCUT2D eigenvalue weighted by Gasteiger charge is -2.18. The maximum absolute atomic E-state index is 12.6. The number of benzene rings is 2. The predicted octanol–water partition coefficient (Wildman–Crippen LogP) is 4.80. The Balaban J connectivity index is 1.50. The molecule has 1 aromatic heterocycles. The van der Waals surface area contributed by atoms with Gasteiger partial charge in [-0.25, -0.2) is 0 Å². The van der Waals surface area contributed by atoms with E-state index in [1.807, 2.05) is 67.6 Å². The third kappa shape index (κ3) is 4.74. The lowest BCUT2D eigenvalue weighted by atomic mass is 10.1. The van der Waals surface area contributed by atoms with E-state index in [2.05, 4.69) is 0 Å². The first kappa shape index (κ1) is 19.5. The number of aryl methyl sites for hydroxylation is 1. The maximum atomic E-state index is 12.6. The first-order valence-corrected chi connectivity index (χ1v) is 9.26. The Morgan fingerprint density at radius 1 is 1.00 bits per heavy atom. The summed E-state index contributed by atoms with van der Waals surface area (Å²) in [6.07, 6.45) is 0.726. The number of carbonyl (C=O) groups excluding carboxylic acids is 1. The number of amides is 1. The zero-order valence-electron chi connectivity index (χ0n) is 16.5. The van der Waals surface area contributed by atoms with Gasteiger partial charge in [0.2, 0.25) is 0 Å². The molecule has 0 fully saturated rings. The summed E-state index contributed by atoms with van der Waals surface area (Å²) in [4.78, 5) is 14.3. The van der Waals surface area contributed by atoms with Crippen molar-refractivity contribution in [3.05, 3.63) is 72.0 Å². The number of carbonyl (C=O) groups is 1. The van der Waals surface area contributed by atoms with E-state index in [-0.39, 0.29) is 5.91 Å². The van der Waals surface area contributed by atoms with Crippen LogP contribution >= 0.6 is 0 Å². The lowest BCUT2D eigenvalue weighted by molar-refractivity contribution is 0.0787. The van der Waals surface area contributed by atoms with Gasteiger partial charge in [-0.2, -0.15) is 0 Å². The van der Waals surface area contributed by atoms with Crippen LogP contribution in [-0.2, 0) is 0 Å². The Hall–Kier alpha value is -3.21.